The lowest BCUT2D eigenvalue weighted by molar-refractivity contribution is 0.0952. The van der Waals surface area contributed by atoms with Gasteiger partial charge in [-0.1, -0.05) is 0 Å². The molecule has 0 aliphatic heterocycles. The van der Waals surface area contributed by atoms with Crippen molar-refractivity contribution in [2.45, 2.75) is 12.8 Å². The topological polar surface area (TPSA) is 121 Å². The highest BCUT2D eigenvalue weighted by Gasteiger charge is 2.20. The van der Waals surface area contributed by atoms with Crippen LogP contribution in [-0.2, 0) is 0 Å². The van der Waals surface area contributed by atoms with E-state index in [2.05, 4.69) is 39.2 Å². The Balaban J connectivity index is 1.39. The van der Waals surface area contributed by atoms with Crippen LogP contribution in [0.4, 0.5) is 0 Å². The summed E-state index contributed by atoms with van der Waals surface area (Å²) in [5.74, 6) is 3.13. The zero-order chi connectivity index (χ0) is 31.2. The van der Waals surface area contributed by atoms with Gasteiger partial charge in [-0.15, -0.1) is 0 Å². The number of fused-ring (bicyclic) bond motifs is 2. The summed E-state index contributed by atoms with van der Waals surface area (Å²) in [6, 6.07) is 15.1. The molecule has 0 atom stereocenters. The van der Waals surface area contributed by atoms with Gasteiger partial charge in [0.05, 0.1) is 54.0 Å². The summed E-state index contributed by atoms with van der Waals surface area (Å²) in [6.45, 7) is 3.14. The number of rotatable bonds is 14. The summed E-state index contributed by atoms with van der Waals surface area (Å²) in [4.78, 5) is 33.3. The van der Waals surface area contributed by atoms with Crippen molar-refractivity contribution < 1.29 is 19.0 Å². The van der Waals surface area contributed by atoms with Gasteiger partial charge < -0.3 is 39.3 Å². The molecule has 3 N–H and O–H groups in total. The van der Waals surface area contributed by atoms with Crippen LogP contribution in [-0.4, -0.2) is 104 Å². The molecule has 1 amide bonds. The Morgan fingerprint density at radius 1 is 0.773 bits per heavy atom. The Labute approximate surface area is 257 Å². The van der Waals surface area contributed by atoms with Gasteiger partial charge in [0.1, 0.15) is 28.9 Å². The van der Waals surface area contributed by atoms with Crippen LogP contribution in [0.15, 0.2) is 48.5 Å². The number of carbonyl (C=O) groups excluding carboxylic acids is 1. The van der Waals surface area contributed by atoms with Gasteiger partial charge in [-0.05, 0) is 90.0 Å². The Morgan fingerprint density at radius 3 is 2.07 bits per heavy atom. The largest absolute Gasteiger partial charge is 0.496 e. The van der Waals surface area contributed by atoms with Gasteiger partial charge in [-0.2, -0.15) is 0 Å². The minimum atomic E-state index is -0.112. The van der Waals surface area contributed by atoms with Gasteiger partial charge in [-0.3, -0.25) is 4.79 Å². The van der Waals surface area contributed by atoms with Crippen LogP contribution in [0.5, 0.6) is 17.2 Å². The number of methoxy groups -OCH3 is 2. The molecule has 0 aliphatic carbocycles. The van der Waals surface area contributed by atoms with Gasteiger partial charge in [0.25, 0.3) is 5.91 Å². The van der Waals surface area contributed by atoms with Crippen LogP contribution in [0.3, 0.4) is 0 Å². The number of hydrogen-bond acceptors (Lipinski definition) is 8. The molecule has 2 aromatic heterocycles. The number of carbonyl (C=O) groups is 1. The fourth-order valence-electron chi connectivity index (χ4n) is 5.02. The van der Waals surface area contributed by atoms with Crippen molar-refractivity contribution in [3.63, 3.8) is 0 Å². The van der Waals surface area contributed by atoms with Crippen LogP contribution >= 0.6 is 0 Å². The van der Waals surface area contributed by atoms with Gasteiger partial charge in [0, 0.05) is 24.7 Å². The maximum absolute atomic E-state index is 12.7. The third-order valence-corrected chi connectivity index (χ3v) is 7.32. The predicted molar refractivity (Wildman–Crippen MR) is 174 cm³/mol. The van der Waals surface area contributed by atoms with Crippen molar-refractivity contribution in [3.05, 3.63) is 54.1 Å². The van der Waals surface area contributed by atoms with Gasteiger partial charge >= 0.3 is 0 Å². The molecule has 0 fully saturated rings. The summed E-state index contributed by atoms with van der Waals surface area (Å²) in [6.07, 6.45) is 1.83. The van der Waals surface area contributed by atoms with Crippen LogP contribution in [0.2, 0.25) is 0 Å². The van der Waals surface area contributed by atoms with E-state index >= 15 is 0 Å². The summed E-state index contributed by atoms with van der Waals surface area (Å²) >= 11 is 0. The SMILES string of the molecule is COc1cc(-c2nc3ccc(C(=O)NCCCN(C)C)cc3[nH]2)c(OC)cc1-c1nc2cc(OCCCN(C)C)ccc2[nH]1. The quantitative estimate of drug-likeness (QED) is 0.156. The number of hydrogen-bond donors (Lipinski definition) is 3. The van der Waals surface area contributed by atoms with Gasteiger partial charge in [-0.25, -0.2) is 9.97 Å². The fraction of sp³-hybridized carbons (Fsp3) is 0.364. The number of ether oxygens (including phenoxy) is 3. The van der Waals surface area contributed by atoms with Gasteiger partial charge in [0.2, 0.25) is 0 Å². The van der Waals surface area contributed by atoms with Gasteiger partial charge in [0.15, 0.2) is 0 Å². The molecular formula is C33H41N7O4. The zero-order valence-corrected chi connectivity index (χ0v) is 26.3. The molecule has 5 aromatic rings. The van der Waals surface area contributed by atoms with E-state index in [0.717, 1.165) is 64.9 Å². The third kappa shape index (κ3) is 7.12. The molecule has 11 nitrogen and oxygen atoms in total. The van der Waals surface area contributed by atoms with Crippen molar-refractivity contribution in [1.82, 2.24) is 35.1 Å². The predicted octanol–water partition coefficient (Wildman–Crippen LogP) is 4.80. The second-order valence-electron chi connectivity index (χ2n) is 11.3. The monoisotopic (exact) mass is 599 g/mol. The lowest BCUT2D eigenvalue weighted by atomic mass is 10.1. The molecule has 0 aliphatic rings. The Morgan fingerprint density at radius 2 is 1.41 bits per heavy atom. The van der Waals surface area contributed by atoms with E-state index in [-0.39, 0.29) is 5.91 Å². The van der Waals surface area contributed by atoms with E-state index in [1.807, 2.05) is 56.6 Å². The number of H-pyrrole nitrogens is 2. The summed E-state index contributed by atoms with van der Waals surface area (Å²) in [5.41, 5.74) is 5.23. The van der Waals surface area contributed by atoms with Crippen LogP contribution in [0, 0.1) is 0 Å². The molecule has 0 bridgehead atoms. The Kier molecular flexibility index (Phi) is 9.66. The first kappa shape index (κ1) is 30.8. The Hall–Kier alpha value is -4.61. The molecule has 0 saturated carbocycles. The molecule has 2 heterocycles. The average Bonchev–Trinajstić information content (AvgIpc) is 3.64. The average molecular weight is 600 g/mol. The van der Waals surface area contributed by atoms with Crippen LogP contribution < -0.4 is 19.5 Å². The normalized spacial score (nSPS) is 11.5. The highest BCUT2D eigenvalue weighted by atomic mass is 16.5. The summed E-state index contributed by atoms with van der Waals surface area (Å²) in [7, 11) is 11.4. The molecular weight excluding hydrogens is 558 g/mol. The molecule has 0 unspecified atom stereocenters. The number of benzene rings is 3. The third-order valence-electron chi connectivity index (χ3n) is 7.32. The first-order valence-electron chi connectivity index (χ1n) is 14.7. The number of nitrogens with one attached hydrogen (secondary N) is 3. The summed E-state index contributed by atoms with van der Waals surface area (Å²) in [5, 5.41) is 2.99. The standard InChI is InChI=1S/C33H41N7O4/c1-39(2)14-7-13-34-33(41)21-9-11-25-27(17-21)37-31(35-25)23-19-30(43-6)24(20-29(23)42-5)32-36-26-12-10-22(18-28(26)38-32)44-16-8-15-40(3)4/h9-12,17-20H,7-8,13-16H2,1-6H3,(H,34,41)(H,35,37)(H,36,38). The second-order valence-corrected chi connectivity index (χ2v) is 11.3. The van der Waals surface area contributed by atoms with Crippen molar-refractivity contribution >= 4 is 28.0 Å². The molecule has 3 aromatic carbocycles. The van der Waals surface area contributed by atoms with Crippen molar-refractivity contribution in [2.24, 2.45) is 0 Å². The smallest absolute Gasteiger partial charge is 0.251 e. The second kappa shape index (κ2) is 13.8. The first-order valence-corrected chi connectivity index (χ1v) is 14.7. The Bertz CT molecular complexity index is 1740. The number of aromatic nitrogens is 4. The minimum absolute atomic E-state index is 0.112. The van der Waals surface area contributed by atoms with E-state index in [9.17, 15) is 4.79 Å². The minimum Gasteiger partial charge on any atom is -0.496 e. The highest BCUT2D eigenvalue weighted by Crippen LogP contribution is 2.40. The van der Waals surface area contributed by atoms with Crippen molar-refractivity contribution in [2.75, 3.05) is 68.7 Å². The number of aromatic amines is 2. The van der Waals surface area contributed by atoms with E-state index in [4.69, 9.17) is 24.2 Å². The fourth-order valence-corrected chi connectivity index (χ4v) is 5.02. The van der Waals surface area contributed by atoms with E-state index in [1.54, 1.807) is 20.3 Å². The highest BCUT2D eigenvalue weighted by molar-refractivity contribution is 5.98. The number of amides is 1. The lowest BCUT2D eigenvalue weighted by Gasteiger charge is -2.12. The molecule has 0 spiro atoms. The molecule has 44 heavy (non-hydrogen) atoms. The molecule has 11 heteroatoms. The van der Waals surface area contributed by atoms with Crippen LogP contribution in [0.1, 0.15) is 23.2 Å². The maximum Gasteiger partial charge on any atom is 0.251 e. The zero-order valence-electron chi connectivity index (χ0n) is 26.3. The number of imidazole rings is 2. The van der Waals surface area contributed by atoms with E-state index in [1.165, 1.54) is 0 Å². The van der Waals surface area contributed by atoms with Crippen LogP contribution in [0.25, 0.3) is 44.8 Å². The molecule has 0 radical (unpaired) electrons. The number of nitrogens with zero attached hydrogens (tertiary/aromatic N) is 4. The lowest BCUT2D eigenvalue weighted by Crippen LogP contribution is -2.27. The molecule has 232 valence electrons. The van der Waals surface area contributed by atoms with E-state index < -0.39 is 0 Å². The molecule has 0 saturated heterocycles. The van der Waals surface area contributed by atoms with Crippen molar-refractivity contribution in [1.29, 1.82) is 0 Å². The summed E-state index contributed by atoms with van der Waals surface area (Å²) < 4.78 is 17.6. The molecule has 5 rings (SSSR count). The first-order chi connectivity index (χ1) is 21.2. The van der Waals surface area contributed by atoms with E-state index in [0.29, 0.717) is 41.9 Å². The van der Waals surface area contributed by atoms with Crippen molar-refractivity contribution in [3.8, 4) is 40.0 Å². The maximum atomic E-state index is 12.7.